The summed E-state index contributed by atoms with van der Waals surface area (Å²) in [5.74, 6) is -0.591. The Kier molecular flexibility index (Phi) is 4.35. The summed E-state index contributed by atoms with van der Waals surface area (Å²) in [4.78, 5) is 15.0. The van der Waals surface area contributed by atoms with Crippen LogP contribution in [0.4, 0.5) is 8.78 Å². The number of carbonyl (C=O) groups is 1. The molecule has 0 unspecified atom stereocenters. The van der Waals surface area contributed by atoms with E-state index in [2.05, 4.69) is 25.7 Å². The van der Waals surface area contributed by atoms with Crippen LogP contribution in [0.3, 0.4) is 0 Å². The number of halogens is 3. The van der Waals surface area contributed by atoms with Crippen LogP contribution in [0.25, 0.3) is 0 Å². The van der Waals surface area contributed by atoms with Crippen molar-refractivity contribution < 1.29 is 18.3 Å². The minimum atomic E-state index is -2.68. The third-order valence-electron chi connectivity index (χ3n) is 1.97. The number of pyridine rings is 1. The fraction of sp³-hybridized carbons (Fsp3) is 0.400. The van der Waals surface area contributed by atoms with Gasteiger partial charge in [0.25, 0.3) is 6.43 Å². The van der Waals surface area contributed by atoms with Crippen molar-refractivity contribution in [2.24, 2.45) is 0 Å². The normalized spacial score (nSPS) is 10.6. The van der Waals surface area contributed by atoms with Crippen molar-refractivity contribution in [3.63, 3.8) is 0 Å². The van der Waals surface area contributed by atoms with E-state index in [1.807, 2.05) is 0 Å². The second-order valence-corrected chi connectivity index (χ2v) is 4.01. The van der Waals surface area contributed by atoms with Gasteiger partial charge in [0.1, 0.15) is 0 Å². The molecule has 0 N–H and O–H groups in total. The summed E-state index contributed by atoms with van der Waals surface area (Å²) in [6, 6.07) is 1.49. The predicted octanol–water partition coefficient (Wildman–Crippen LogP) is 2.81. The number of aryl methyl sites for hydroxylation is 1. The van der Waals surface area contributed by atoms with E-state index in [9.17, 15) is 13.6 Å². The van der Waals surface area contributed by atoms with Crippen LogP contribution in [0.5, 0.6) is 0 Å². The zero-order chi connectivity index (χ0) is 12.3. The smallest absolute Gasteiger partial charge is 0.311 e. The van der Waals surface area contributed by atoms with Crippen LogP contribution in [0.1, 0.15) is 23.4 Å². The molecule has 0 amide bonds. The summed E-state index contributed by atoms with van der Waals surface area (Å²) in [5.41, 5.74) is 0.361. The van der Waals surface area contributed by atoms with Gasteiger partial charge in [0.15, 0.2) is 0 Å². The number of nitrogens with zero attached hydrogens (tertiary/aromatic N) is 1. The van der Waals surface area contributed by atoms with Crippen LogP contribution >= 0.6 is 15.9 Å². The molecule has 16 heavy (non-hydrogen) atoms. The number of ether oxygens (including phenoxy) is 1. The van der Waals surface area contributed by atoms with Gasteiger partial charge in [0.05, 0.1) is 24.8 Å². The lowest BCUT2D eigenvalue weighted by molar-refractivity contribution is -0.139. The Morgan fingerprint density at radius 1 is 1.62 bits per heavy atom. The van der Waals surface area contributed by atoms with Crippen LogP contribution in [0.15, 0.2) is 10.5 Å². The topological polar surface area (TPSA) is 39.2 Å². The van der Waals surface area contributed by atoms with Crippen molar-refractivity contribution in [1.82, 2.24) is 4.98 Å². The van der Waals surface area contributed by atoms with Crippen LogP contribution in [0.2, 0.25) is 0 Å². The Bertz CT molecular complexity index is 410. The molecule has 0 aliphatic heterocycles. The number of methoxy groups -OCH3 is 1. The zero-order valence-electron chi connectivity index (χ0n) is 8.76. The number of aromatic nitrogens is 1. The maximum absolute atomic E-state index is 12.8. The van der Waals surface area contributed by atoms with Gasteiger partial charge in [-0.15, -0.1) is 0 Å². The van der Waals surface area contributed by atoms with E-state index in [4.69, 9.17) is 0 Å². The van der Waals surface area contributed by atoms with Crippen LogP contribution in [0, 0.1) is 6.92 Å². The van der Waals surface area contributed by atoms with Gasteiger partial charge >= 0.3 is 5.97 Å². The van der Waals surface area contributed by atoms with E-state index in [0.717, 1.165) is 0 Å². The Morgan fingerprint density at radius 3 is 2.75 bits per heavy atom. The molecule has 3 nitrogen and oxygen atoms in total. The maximum atomic E-state index is 12.8. The second kappa shape index (κ2) is 5.34. The Balaban J connectivity index is 3.18. The monoisotopic (exact) mass is 293 g/mol. The minimum absolute atomic E-state index is 0.0497. The minimum Gasteiger partial charge on any atom is -0.469 e. The first-order chi connectivity index (χ1) is 7.45. The van der Waals surface area contributed by atoms with E-state index in [1.54, 1.807) is 6.92 Å². The van der Waals surface area contributed by atoms with Gasteiger partial charge in [-0.25, -0.2) is 8.78 Å². The van der Waals surface area contributed by atoms with Gasteiger partial charge in [-0.2, -0.15) is 0 Å². The SMILES string of the molecule is COC(=O)Cc1nc(C)cc(Br)c1C(F)F. The third kappa shape index (κ3) is 2.98. The Morgan fingerprint density at radius 2 is 2.25 bits per heavy atom. The first kappa shape index (κ1) is 13.0. The van der Waals surface area contributed by atoms with Gasteiger partial charge in [-0.1, -0.05) is 15.9 Å². The number of carbonyl (C=O) groups excluding carboxylic acids is 1. The lowest BCUT2D eigenvalue weighted by atomic mass is 10.1. The molecule has 0 atom stereocenters. The number of alkyl halides is 2. The molecule has 0 fully saturated rings. The molecule has 0 radical (unpaired) electrons. The van der Waals surface area contributed by atoms with Crippen molar-refractivity contribution in [2.45, 2.75) is 19.8 Å². The van der Waals surface area contributed by atoms with Crippen LogP contribution < -0.4 is 0 Å². The summed E-state index contributed by atoms with van der Waals surface area (Å²) < 4.78 is 30.2. The molecule has 0 aliphatic rings. The standard InChI is InChI=1S/C10H10BrF2NO2/c1-5-3-6(11)9(10(12)13)7(14-5)4-8(15)16-2/h3,10H,4H2,1-2H3. The highest BCUT2D eigenvalue weighted by Crippen LogP contribution is 2.30. The molecule has 1 aromatic rings. The van der Waals surface area contributed by atoms with Gasteiger partial charge in [0, 0.05) is 10.2 Å². The van der Waals surface area contributed by atoms with Crippen molar-refractivity contribution in [3.8, 4) is 0 Å². The summed E-state index contributed by atoms with van der Waals surface area (Å²) in [6.45, 7) is 1.67. The molecule has 1 rings (SSSR count). The van der Waals surface area contributed by atoms with E-state index < -0.39 is 12.4 Å². The molecule has 1 heterocycles. The molecular weight excluding hydrogens is 284 g/mol. The number of hydrogen-bond acceptors (Lipinski definition) is 3. The third-order valence-corrected chi connectivity index (χ3v) is 2.63. The van der Waals surface area contributed by atoms with E-state index in [0.29, 0.717) is 5.69 Å². The molecule has 0 aromatic carbocycles. The molecule has 0 spiro atoms. The lowest BCUT2D eigenvalue weighted by Crippen LogP contribution is -2.10. The molecular formula is C10H10BrF2NO2. The van der Waals surface area contributed by atoms with Crippen molar-refractivity contribution in [1.29, 1.82) is 0 Å². The zero-order valence-corrected chi connectivity index (χ0v) is 10.3. The summed E-state index contributed by atoms with van der Waals surface area (Å²) in [7, 11) is 1.20. The number of hydrogen-bond donors (Lipinski definition) is 0. The molecule has 0 bridgehead atoms. The summed E-state index contributed by atoms with van der Waals surface area (Å²) >= 11 is 3.04. The van der Waals surface area contributed by atoms with Crippen molar-refractivity contribution >= 4 is 21.9 Å². The molecule has 0 saturated carbocycles. The highest BCUT2D eigenvalue weighted by molar-refractivity contribution is 9.10. The Labute approximate surface area is 99.9 Å². The van der Waals surface area contributed by atoms with Gasteiger partial charge in [-0.05, 0) is 13.0 Å². The second-order valence-electron chi connectivity index (χ2n) is 3.16. The molecule has 6 heteroatoms. The number of esters is 1. The first-order valence-electron chi connectivity index (χ1n) is 4.46. The molecule has 1 aromatic heterocycles. The highest BCUT2D eigenvalue weighted by Gasteiger charge is 2.20. The first-order valence-corrected chi connectivity index (χ1v) is 5.26. The number of rotatable bonds is 3. The van der Waals surface area contributed by atoms with Gasteiger partial charge in [0.2, 0.25) is 0 Å². The average Bonchev–Trinajstić information content (AvgIpc) is 2.15. The lowest BCUT2D eigenvalue weighted by Gasteiger charge is -2.10. The van der Waals surface area contributed by atoms with E-state index >= 15 is 0 Å². The Hall–Kier alpha value is -1.04. The highest BCUT2D eigenvalue weighted by atomic mass is 79.9. The van der Waals surface area contributed by atoms with Crippen molar-refractivity contribution in [2.75, 3.05) is 7.11 Å². The molecule has 0 saturated heterocycles. The fourth-order valence-electron chi connectivity index (χ4n) is 1.28. The van der Waals surface area contributed by atoms with Crippen LogP contribution in [-0.2, 0) is 16.0 Å². The van der Waals surface area contributed by atoms with Gasteiger partial charge in [-0.3, -0.25) is 9.78 Å². The maximum Gasteiger partial charge on any atom is 0.311 e. The van der Waals surface area contributed by atoms with E-state index in [-0.39, 0.29) is 22.2 Å². The fourth-order valence-corrected chi connectivity index (χ4v) is 2.01. The van der Waals surface area contributed by atoms with Crippen LogP contribution in [-0.4, -0.2) is 18.1 Å². The van der Waals surface area contributed by atoms with Gasteiger partial charge < -0.3 is 4.74 Å². The summed E-state index contributed by atoms with van der Waals surface area (Å²) in [5, 5.41) is 0. The average molecular weight is 294 g/mol. The quantitative estimate of drug-likeness (QED) is 0.805. The predicted molar refractivity (Wildman–Crippen MR) is 57.4 cm³/mol. The molecule has 88 valence electrons. The largest absolute Gasteiger partial charge is 0.469 e. The van der Waals surface area contributed by atoms with E-state index in [1.165, 1.54) is 13.2 Å². The molecule has 0 aliphatic carbocycles. The summed E-state index contributed by atoms with van der Waals surface area (Å²) in [6.07, 6.45) is -2.93. The van der Waals surface area contributed by atoms with Crippen molar-refractivity contribution in [3.05, 3.63) is 27.5 Å².